The summed E-state index contributed by atoms with van der Waals surface area (Å²) in [5, 5.41) is 0. The lowest BCUT2D eigenvalue weighted by molar-refractivity contribution is 0.832. The zero-order valence-electron chi connectivity index (χ0n) is 8.24. The fraction of sp³-hybridized carbons (Fsp3) is 0.167. The standard InChI is InChI=1S/C12H9IN2/c1-12(13)10-8(4-2-6-14-10)9-5-3-7-15-11(9)12/h2-7H,1H3. The Hall–Kier alpha value is -0.970. The quantitative estimate of drug-likeness (QED) is 0.552. The SMILES string of the molecule is CC1(I)c2ncccc2-c2cccnc21. The maximum Gasteiger partial charge on any atom is 0.104 e. The van der Waals surface area contributed by atoms with Crippen LogP contribution in [0.5, 0.6) is 0 Å². The Bertz CT molecular complexity index is 487. The van der Waals surface area contributed by atoms with Crippen LogP contribution in [0.25, 0.3) is 11.1 Å². The van der Waals surface area contributed by atoms with Crippen LogP contribution in [0.3, 0.4) is 0 Å². The second kappa shape index (κ2) is 3.01. The van der Waals surface area contributed by atoms with Crippen molar-refractivity contribution in [2.75, 3.05) is 0 Å². The summed E-state index contributed by atoms with van der Waals surface area (Å²) in [5.41, 5.74) is 4.69. The van der Waals surface area contributed by atoms with Crippen molar-refractivity contribution in [2.24, 2.45) is 0 Å². The Kier molecular flexibility index (Phi) is 1.86. The minimum Gasteiger partial charge on any atom is -0.259 e. The Morgan fingerprint density at radius 1 is 1.00 bits per heavy atom. The number of alkyl halides is 1. The molecule has 0 amide bonds. The molecule has 1 aliphatic carbocycles. The van der Waals surface area contributed by atoms with Gasteiger partial charge in [-0.2, -0.15) is 0 Å². The first-order valence-corrected chi connectivity index (χ1v) is 5.89. The topological polar surface area (TPSA) is 25.8 Å². The Labute approximate surface area is 102 Å². The summed E-state index contributed by atoms with van der Waals surface area (Å²) in [4.78, 5) is 8.96. The van der Waals surface area contributed by atoms with Gasteiger partial charge in [0.25, 0.3) is 0 Å². The van der Waals surface area contributed by atoms with E-state index in [1.807, 2.05) is 24.5 Å². The molecular formula is C12H9IN2. The summed E-state index contributed by atoms with van der Waals surface area (Å²) in [7, 11) is 0. The highest BCUT2D eigenvalue weighted by Crippen LogP contribution is 2.50. The van der Waals surface area contributed by atoms with Gasteiger partial charge in [-0.3, -0.25) is 9.97 Å². The first-order chi connectivity index (χ1) is 7.21. The summed E-state index contributed by atoms with van der Waals surface area (Å²) in [6.45, 7) is 2.16. The normalized spacial score (nSPS) is 15.9. The number of hydrogen-bond acceptors (Lipinski definition) is 2. The van der Waals surface area contributed by atoms with E-state index in [2.05, 4.69) is 51.6 Å². The molecule has 0 spiro atoms. The van der Waals surface area contributed by atoms with Gasteiger partial charge in [-0.05, 0) is 19.1 Å². The van der Waals surface area contributed by atoms with Crippen molar-refractivity contribution in [3.8, 4) is 11.1 Å². The van der Waals surface area contributed by atoms with E-state index in [-0.39, 0.29) is 3.42 Å². The highest BCUT2D eigenvalue weighted by molar-refractivity contribution is 14.1. The lowest BCUT2D eigenvalue weighted by atomic mass is 10.1. The van der Waals surface area contributed by atoms with Crippen molar-refractivity contribution in [1.29, 1.82) is 0 Å². The third-order valence-corrected chi connectivity index (χ3v) is 3.82. The van der Waals surface area contributed by atoms with Gasteiger partial charge in [0.05, 0.1) is 11.4 Å². The fourth-order valence-electron chi connectivity index (χ4n) is 2.11. The molecule has 3 rings (SSSR count). The van der Waals surface area contributed by atoms with E-state index >= 15 is 0 Å². The summed E-state index contributed by atoms with van der Waals surface area (Å²) in [6.07, 6.45) is 3.70. The van der Waals surface area contributed by atoms with Crippen molar-refractivity contribution >= 4 is 22.6 Å². The van der Waals surface area contributed by atoms with Crippen LogP contribution in [0.2, 0.25) is 0 Å². The Balaban J connectivity index is 2.42. The van der Waals surface area contributed by atoms with E-state index in [9.17, 15) is 0 Å². The Morgan fingerprint density at radius 2 is 1.47 bits per heavy atom. The van der Waals surface area contributed by atoms with Gasteiger partial charge >= 0.3 is 0 Å². The molecule has 2 aromatic heterocycles. The van der Waals surface area contributed by atoms with Gasteiger partial charge in [0.1, 0.15) is 3.42 Å². The smallest absolute Gasteiger partial charge is 0.104 e. The minimum atomic E-state index is -0.0923. The number of rotatable bonds is 0. The molecule has 0 fully saturated rings. The molecule has 15 heavy (non-hydrogen) atoms. The van der Waals surface area contributed by atoms with Crippen LogP contribution in [0.1, 0.15) is 18.3 Å². The molecule has 0 N–H and O–H groups in total. The number of halogens is 1. The van der Waals surface area contributed by atoms with Gasteiger partial charge in [0.15, 0.2) is 0 Å². The van der Waals surface area contributed by atoms with E-state index < -0.39 is 0 Å². The number of pyridine rings is 2. The Morgan fingerprint density at radius 3 is 1.93 bits per heavy atom. The van der Waals surface area contributed by atoms with E-state index in [4.69, 9.17) is 0 Å². The second-order valence-electron chi connectivity index (χ2n) is 3.80. The van der Waals surface area contributed by atoms with Crippen molar-refractivity contribution in [3.05, 3.63) is 48.0 Å². The molecule has 2 heterocycles. The summed E-state index contributed by atoms with van der Waals surface area (Å²) < 4.78 is -0.0923. The van der Waals surface area contributed by atoms with Gasteiger partial charge in [-0.1, -0.05) is 34.7 Å². The molecular weight excluding hydrogens is 299 g/mol. The molecule has 2 aromatic rings. The average molecular weight is 308 g/mol. The maximum atomic E-state index is 4.48. The van der Waals surface area contributed by atoms with Crippen LogP contribution in [0.15, 0.2) is 36.7 Å². The minimum absolute atomic E-state index is 0.0923. The third-order valence-electron chi connectivity index (χ3n) is 2.80. The highest BCUT2D eigenvalue weighted by atomic mass is 127. The molecule has 0 radical (unpaired) electrons. The highest BCUT2D eigenvalue weighted by Gasteiger charge is 2.39. The van der Waals surface area contributed by atoms with Crippen molar-refractivity contribution in [1.82, 2.24) is 9.97 Å². The van der Waals surface area contributed by atoms with Crippen LogP contribution < -0.4 is 0 Å². The van der Waals surface area contributed by atoms with Gasteiger partial charge in [0.2, 0.25) is 0 Å². The number of aromatic nitrogens is 2. The predicted molar refractivity (Wildman–Crippen MR) is 67.9 cm³/mol. The van der Waals surface area contributed by atoms with Crippen LogP contribution in [-0.2, 0) is 3.42 Å². The van der Waals surface area contributed by atoms with Gasteiger partial charge in [-0.15, -0.1) is 0 Å². The zero-order chi connectivity index (χ0) is 10.5. The molecule has 2 nitrogen and oxygen atoms in total. The maximum absolute atomic E-state index is 4.48. The van der Waals surface area contributed by atoms with E-state index in [1.54, 1.807) is 0 Å². The molecule has 1 aliphatic rings. The third kappa shape index (κ3) is 1.16. The van der Waals surface area contributed by atoms with E-state index in [0.29, 0.717) is 0 Å². The van der Waals surface area contributed by atoms with Crippen molar-refractivity contribution in [3.63, 3.8) is 0 Å². The molecule has 74 valence electrons. The van der Waals surface area contributed by atoms with E-state index in [0.717, 1.165) is 11.4 Å². The largest absolute Gasteiger partial charge is 0.259 e. The molecule has 3 heteroatoms. The van der Waals surface area contributed by atoms with Crippen molar-refractivity contribution in [2.45, 2.75) is 10.3 Å². The van der Waals surface area contributed by atoms with E-state index in [1.165, 1.54) is 11.1 Å². The second-order valence-corrected chi connectivity index (χ2v) is 5.96. The molecule has 0 saturated heterocycles. The fourth-order valence-corrected chi connectivity index (χ4v) is 2.97. The number of fused-ring (bicyclic) bond motifs is 3. The molecule has 0 aliphatic heterocycles. The number of hydrogen-bond donors (Lipinski definition) is 0. The van der Waals surface area contributed by atoms with Crippen molar-refractivity contribution < 1.29 is 0 Å². The zero-order valence-corrected chi connectivity index (χ0v) is 10.4. The predicted octanol–water partition coefficient (Wildman–Crippen LogP) is 3.16. The van der Waals surface area contributed by atoms with Gasteiger partial charge in [-0.25, -0.2) is 0 Å². The lowest BCUT2D eigenvalue weighted by Gasteiger charge is -2.15. The molecule has 0 aromatic carbocycles. The first-order valence-electron chi connectivity index (χ1n) is 4.81. The monoisotopic (exact) mass is 308 g/mol. The molecule has 0 saturated carbocycles. The van der Waals surface area contributed by atoms with Crippen LogP contribution in [0.4, 0.5) is 0 Å². The van der Waals surface area contributed by atoms with Crippen LogP contribution >= 0.6 is 22.6 Å². The summed E-state index contributed by atoms with van der Waals surface area (Å²) >= 11 is 2.42. The molecule has 0 unspecified atom stereocenters. The van der Waals surface area contributed by atoms with Crippen LogP contribution in [0, 0.1) is 0 Å². The molecule has 0 bridgehead atoms. The average Bonchev–Trinajstić information content (AvgIpc) is 2.51. The number of nitrogens with zero attached hydrogens (tertiary/aromatic N) is 2. The van der Waals surface area contributed by atoms with Gasteiger partial charge in [0, 0.05) is 23.5 Å². The summed E-state index contributed by atoms with van der Waals surface area (Å²) in [5.74, 6) is 0. The first kappa shape index (κ1) is 9.27. The molecule has 0 atom stereocenters. The lowest BCUT2D eigenvalue weighted by Crippen LogP contribution is -2.13. The summed E-state index contributed by atoms with van der Waals surface area (Å²) in [6, 6.07) is 8.20. The van der Waals surface area contributed by atoms with Gasteiger partial charge < -0.3 is 0 Å². The van der Waals surface area contributed by atoms with Crippen LogP contribution in [-0.4, -0.2) is 9.97 Å².